The number of ether oxygens (including phenoxy) is 1. The summed E-state index contributed by atoms with van der Waals surface area (Å²) in [6.07, 6.45) is 1.88. The molecular weight excluding hydrogens is 288 g/mol. The van der Waals surface area contributed by atoms with E-state index in [4.69, 9.17) is 4.74 Å². The number of carbonyl (C=O) groups is 1. The Morgan fingerprint density at radius 2 is 1.74 bits per heavy atom. The molecule has 4 nitrogen and oxygen atoms in total. The third-order valence-corrected chi connectivity index (χ3v) is 4.69. The summed E-state index contributed by atoms with van der Waals surface area (Å²) in [6, 6.07) is 8.24. The monoisotopic (exact) mass is 318 g/mol. The molecule has 1 saturated heterocycles. The fraction of sp³-hybridized carbons (Fsp3) is 0.632. The maximum atomic E-state index is 12.5. The third kappa shape index (κ3) is 4.71. The summed E-state index contributed by atoms with van der Waals surface area (Å²) in [6.45, 7) is 11.4. The van der Waals surface area contributed by atoms with Crippen LogP contribution in [0.5, 0.6) is 5.75 Å². The van der Waals surface area contributed by atoms with E-state index in [9.17, 15) is 4.79 Å². The van der Waals surface area contributed by atoms with Gasteiger partial charge in [0, 0.05) is 44.2 Å². The number of hydrogen-bond donors (Lipinski definition) is 0. The fourth-order valence-corrected chi connectivity index (χ4v) is 3.19. The normalized spacial score (nSPS) is 15.9. The first-order chi connectivity index (χ1) is 11.2. The topological polar surface area (TPSA) is 32.8 Å². The van der Waals surface area contributed by atoms with Gasteiger partial charge in [0.15, 0.2) is 0 Å². The molecular formula is C19H30N2O2. The van der Waals surface area contributed by atoms with Crippen molar-refractivity contribution in [3.05, 3.63) is 29.8 Å². The molecule has 0 unspecified atom stereocenters. The van der Waals surface area contributed by atoms with Crippen LogP contribution in [-0.2, 0) is 11.3 Å². The van der Waals surface area contributed by atoms with Crippen molar-refractivity contribution in [2.75, 3.05) is 32.8 Å². The van der Waals surface area contributed by atoms with Crippen molar-refractivity contribution in [1.82, 2.24) is 9.80 Å². The molecule has 0 aromatic heterocycles. The Balaban J connectivity index is 1.89. The number of para-hydroxylation sites is 1. The molecule has 1 aliphatic rings. The van der Waals surface area contributed by atoms with Crippen molar-refractivity contribution in [1.29, 1.82) is 0 Å². The van der Waals surface area contributed by atoms with Gasteiger partial charge in [0.1, 0.15) is 5.75 Å². The highest BCUT2D eigenvalue weighted by Gasteiger charge is 2.25. The van der Waals surface area contributed by atoms with E-state index in [1.54, 1.807) is 0 Å². The standard InChI is InChI=1S/C19H30N2O2/c1-4-16(5-2)19(22)21-13-11-20(12-14-21)15-17-9-7-8-10-18(17)23-6-3/h7-10,16H,4-6,11-15H2,1-3H3. The van der Waals surface area contributed by atoms with Crippen LogP contribution < -0.4 is 4.74 Å². The lowest BCUT2D eigenvalue weighted by atomic mass is 10.0. The average Bonchev–Trinajstić information content (AvgIpc) is 2.58. The molecule has 0 saturated carbocycles. The molecule has 1 heterocycles. The van der Waals surface area contributed by atoms with Crippen molar-refractivity contribution in [2.45, 2.75) is 40.2 Å². The maximum absolute atomic E-state index is 12.5. The van der Waals surface area contributed by atoms with Gasteiger partial charge in [-0.05, 0) is 25.8 Å². The van der Waals surface area contributed by atoms with E-state index in [1.807, 2.05) is 24.0 Å². The number of amides is 1. The van der Waals surface area contributed by atoms with Crippen molar-refractivity contribution in [3.63, 3.8) is 0 Å². The highest BCUT2D eigenvalue weighted by molar-refractivity contribution is 5.78. The zero-order valence-electron chi connectivity index (χ0n) is 14.8. The van der Waals surface area contributed by atoms with Crippen LogP contribution in [-0.4, -0.2) is 48.5 Å². The molecule has 128 valence electrons. The van der Waals surface area contributed by atoms with Gasteiger partial charge in [0.25, 0.3) is 0 Å². The van der Waals surface area contributed by atoms with E-state index in [1.165, 1.54) is 5.56 Å². The van der Waals surface area contributed by atoms with Crippen LogP contribution in [0.1, 0.15) is 39.2 Å². The number of rotatable bonds is 7. The van der Waals surface area contributed by atoms with Crippen molar-refractivity contribution in [3.8, 4) is 5.75 Å². The van der Waals surface area contributed by atoms with Crippen LogP contribution in [0, 0.1) is 5.92 Å². The summed E-state index contributed by atoms with van der Waals surface area (Å²) < 4.78 is 5.71. The van der Waals surface area contributed by atoms with E-state index in [2.05, 4.69) is 30.9 Å². The second kappa shape index (κ2) is 8.92. The predicted octanol–water partition coefficient (Wildman–Crippen LogP) is 3.17. The Labute approximate surface area is 140 Å². The summed E-state index contributed by atoms with van der Waals surface area (Å²) in [5, 5.41) is 0. The van der Waals surface area contributed by atoms with Crippen LogP contribution >= 0.6 is 0 Å². The predicted molar refractivity (Wildman–Crippen MR) is 93.5 cm³/mol. The molecule has 1 aromatic carbocycles. The minimum atomic E-state index is 0.195. The van der Waals surface area contributed by atoms with Crippen molar-refractivity contribution < 1.29 is 9.53 Å². The summed E-state index contributed by atoms with van der Waals surface area (Å²) >= 11 is 0. The van der Waals surface area contributed by atoms with Crippen LogP contribution in [0.3, 0.4) is 0 Å². The Hall–Kier alpha value is -1.55. The van der Waals surface area contributed by atoms with E-state index < -0.39 is 0 Å². The number of nitrogens with zero attached hydrogens (tertiary/aromatic N) is 2. The molecule has 0 atom stereocenters. The summed E-state index contributed by atoms with van der Waals surface area (Å²) in [5.41, 5.74) is 1.23. The molecule has 23 heavy (non-hydrogen) atoms. The Morgan fingerprint density at radius 3 is 2.35 bits per heavy atom. The molecule has 1 aliphatic heterocycles. The van der Waals surface area contributed by atoms with Gasteiger partial charge in [-0.1, -0.05) is 32.0 Å². The van der Waals surface area contributed by atoms with E-state index >= 15 is 0 Å². The van der Waals surface area contributed by atoms with Crippen molar-refractivity contribution >= 4 is 5.91 Å². The number of benzene rings is 1. The summed E-state index contributed by atoms with van der Waals surface area (Å²) in [5.74, 6) is 1.51. The molecule has 1 fully saturated rings. The lowest BCUT2D eigenvalue weighted by molar-refractivity contribution is -0.137. The van der Waals surface area contributed by atoms with Gasteiger partial charge in [0.05, 0.1) is 6.61 Å². The van der Waals surface area contributed by atoms with Gasteiger partial charge in [-0.3, -0.25) is 9.69 Å². The molecule has 0 spiro atoms. The van der Waals surface area contributed by atoms with E-state index in [0.29, 0.717) is 12.5 Å². The van der Waals surface area contributed by atoms with Gasteiger partial charge in [-0.15, -0.1) is 0 Å². The van der Waals surface area contributed by atoms with Gasteiger partial charge < -0.3 is 9.64 Å². The number of piperazine rings is 1. The van der Waals surface area contributed by atoms with E-state index in [-0.39, 0.29) is 5.92 Å². The second-order valence-electron chi connectivity index (χ2n) is 6.16. The quantitative estimate of drug-likeness (QED) is 0.774. The van der Waals surface area contributed by atoms with Crippen molar-refractivity contribution in [2.24, 2.45) is 5.92 Å². The minimum absolute atomic E-state index is 0.195. The number of hydrogen-bond acceptors (Lipinski definition) is 3. The molecule has 0 bridgehead atoms. The molecule has 0 radical (unpaired) electrons. The Kier molecular flexibility index (Phi) is 6.90. The van der Waals surface area contributed by atoms with Crippen LogP contribution in [0.4, 0.5) is 0 Å². The molecule has 0 N–H and O–H groups in total. The molecule has 0 aliphatic carbocycles. The van der Waals surface area contributed by atoms with Crippen LogP contribution in [0.25, 0.3) is 0 Å². The molecule has 2 rings (SSSR count). The van der Waals surface area contributed by atoms with Gasteiger partial charge >= 0.3 is 0 Å². The molecule has 4 heteroatoms. The molecule has 1 aromatic rings. The first kappa shape index (κ1) is 17.8. The van der Waals surface area contributed by atoms with Gasteiger partial charge in [-0.2, -0.15) is 0 Å². The highest BCUT2D eigenvalue weighted by atomic mass is 16.5. The fourth-order valence-electron chi connectivity index (χ4n) is 3.19. The average molecular weight is 318 g/mol. The minimum Gasteiger partial charge on any atom is -0.494 e. The first-order valence-corrected chi connectivity index (χ1v) is 8.91. The molecule has 1 amide bonds. The van der Waals surface area contributed by atoms with Gasteiger partial charge in [0.2, 0.25) is 5.91 Å². The third-order valence-electron chi connectivity index (χ3n) is 4.69. The zero-order valence-corrected chi connectivity index (χ0v) is 14.8. The smallest absolute Gasteiger partial charge is 0.225 e. The SMILES string of the molecule is CCOc1ccccc1CN1CCN(C(=O)C(CC)CC)CC1. The highest BCUT2D eigenvalue weighted by Crippen LogP contribution is 2.21. The second-order valence-corrected chi connectivity index (χ2v) is 6.16. The Morgan fingerprint density at radius 1 is 1.09 bits per heavy atom. The van der Waals surface area contributed by atoms with E-state index in [0.717, 1.165) is 51.3 Å². The van der Waals surface area contributed by atoms with Gasteiger partial charge in [-0.25, -0.2) is 0 Å². The lowest BCUT2D eigenvalue weighted by Gasteiger charge is -2.36. The van der Waals surface area contributed by atoms with Crippen LogP contribution in [0.2, 0.25) is 0 Å². The summed E-state index contributed by atoms with van der Waals surface area (Å²) in [7, 11) is 0. The zero-order chi connectivity index (χ0) is 16.7. The largest absolute Gasteiger partial charge is 0.494 e. The van der Waals surface area contributed by atoms with Crippen LogP contribution in [0.15, 0.2) is 24.3 Å². The maximum Gasteiger partial charge on any atom is 0.225 e. The first-order valence-electron chi connectivity index (χ1n) is 8.91. The summed E-state index contributed by atoms with van der Waals surface area (Å²) in [4.78, 5) is 16.9. The Bertz CT molecular complexity index is 492. The number of carbonyl (C=O) groups excluding carboxylic acids is 1. The lowest BCUT2D eigenvalue weighted by Crippen LogP contribution is -2.49.